The monoisotopic (exact) mass is 377 g/mol. The second-order valence-electron chi connectivity index (χ2n) is 7.24. The maximum absolute atomic E-state index is 13.9. The Hall–Kier alpha value is -2.47. The third-order valence-electron chi connectivity index (χ3n) is 4.23. The molecule has 0 aromatic heterocycles. The maximum Gasteiger partial charge on any atom is 0.257 e. The van der Waals surface area contributed by atoms with Crippen LogP contribution in [0.2, 0.25) is 0 Å². The molecule has 146 valence electrons. The van der Waals surface area contributed by atoms with Gasteiger partial charge in [0.2, 0.25) is 0 Å². The van der Waals surface area contributed by atoms with Crippen molar-refractivity contribution in [3.63, 3.8) is 0 Å². The van der Waals surface area contributed by atoms with Crippen molar-refractivity contribution < 1.29 is 23.4 Å². The normalized spacial score (nSPS) is 12.6. The lowest BCUT2D eigenvalue weighted by Crippen LogP contribution is -2.32. The number of halogens is 2. The zero-order chi connectivity index (χ0) is 20.2. The molecule has 1 amide bonds. The third-order valence-corrected chi connectivity index (χ3v) is 4.23. The molecule has 4 nitrogen and oxygen atoms in total. The Kier molecular flexibility index (Phi) is 6.54. The van der Waals surface area contributed by atoms with Gasteiger partial charge in [0.1, 0.15) is 22.9 Å². The molecule has 0 aliphatic heterocycles. The van der Waals surface area contributed by atoms with Gasteiger partial charge in [-0.25, -0.2) is 8.78 Å². The number of carbonyl (C=O) groups is 1. The first kappa shape index (κ1) is 20.8. The van der Waals surface area contributed by atoms with Gasteiger partial charge in [-0.1, -0.05) is 39.0 Å². The molecule has 0 saturated carbocycles. The summed E-state index contributed by atoms with van der Waals surface area (Å²) >= 11 is 0. The molecule has 2 aromatic carbocycles. The molecule has 2 N–H and O–H groups in total. The van der Waals surface area contributed by atoms with Gasteiger partial charge in [0.05, 0.1) is 19.3 Å². The standard InChI is InChI=1S/C21H25F2NO3/c1-5-27-18-11-13(21(2,3)4)9-10-14(18)17(12-25)24-20(26)19-15(22)7-6-8-16(19)23/h6-11,17,25H,5,12H2,1-4H3,(H,24,26). The zero-order valence-corrected chi connectivity index (χ0v) is 16.0. The van der Waals surface area contributed by atoms with E-state index in [1.54, 1.807) is 6.07 Å². The summed E-state index contributed by atoms with van der Waals surface area (Å²) < 4.78 is 33.4. The van der Waals surface area contributed by atoms with E-state index < -0.39 is 35.8 Å². The minimum Gasteiger partial charge on any atom is -0.494 e. The van der Waals surface area contributed by atoms with Gasteiger partial charge in [-0.2, -0.15) is 0 Å². The number of aliphatic hydroxyl groups excluding tert-OH is 1. The predicted octanol–water partition coefficient (Wildman–Crippen LogP) is 4.12. The van der Waals surface area contributed by atoms with E-state index in [2.05, 4.69) is 26.1 Å². The zero-order valence-electron chi connectivity index (χ0n) is 16.0. The molecule has 0 aliphatic rings. The molecule has 0 heterocycles. The van der Waals surface area contributed by atoms with Gasteiger partial charge in [-0.3, -0.25) is 4.79 Å². The molecule has 1 atom stereocenters. The number of aliphatic hydroxyl groups is 1. The van der Waals surface area contributed by atoms with E-state index in [9.17, 15) is 18.7 Å². The van der Waals surface area contributed by atoms with Gasteiger partial charge < -0.3 is 15.2 Å². The highest BCUT2D eigenvalue weighted by Crippen LogP contribution is 2.32. The fraction of sp³-hybridized carbons (Fsp3) is 0.381. The smallest absolute Gasteiger partial charge is 0.257 e. The Morgan fingerprint density at radius 1 is 1.19 bits per heavy atom. The fourth-order valence-electron chi connectivity index (χ4n) is 2.74. The van der Waals surface area contributed by atoms with E-state index in [1.807, 2.05) is 19.1 Å². The number of carbonyl (C=O) groups excluding carboxylic acids is 1. The first-order valence-electron chi connectivity index (χ1n) is 8.82. The summed E-state index contributed by atoms with van der Waals surface area (Å²) in [5, 5.41) is 12.3. The molecule has 0 spiro atoms. The van der Waals surface area contributed by atoms with Gasteiger partial charge >= 0.3 is 0 Å². The Morgan fingerprint density at radius 2 is 1.81 bits per heavy atom. The van der Waals surface area contributed by atoms with Gasteiger partial charge in [0, 0.05) is 5.56 Å². The minimum atomic E-state index is -0.961. The summed E-state index contributed by atoms with van der Waals surface area (Å²) in [5.74, 6) is -2.35. The Labute approximate surface area is 158 Å². The van der Waals surface area contributed by atoms with E-state index in [4.69, 9.17) is 4.74 Å². The van der Waals surface area contributed by atoms with Crippen molar-refractivity contribution in [1.82, 2.24) is 5.32 Å². The van der Waals surface area contributed by atoms with Crippen LogP contribution in [0.3, 0.4) is 0 Å². The third kappa shape index (κ3) is 4.83. The van der Waals surface area contributed by atoms with Crippen LogP contribution in [0.25, 0.3) is 0 Å². The number of ether oxygens (including phenoxy) is 1. The van der Waals surface area contributed by atoms with Gasteiger partial charge in [-0.15, -0.1) is 0 Å². The SMILES string of the molecule is CCOc1cc(C(C)(C)C)ccc1C(CO)NC(=O)c1c(F)cccc1F. The van der Waals surface area contributed by atoms with Crippen LogP contribution < -0.4 is 10.1 Å². The van der Waals surface area contributed by atoms with Crippen LogP contribution in [-0.4, -0.2) is 24.2 Å². The van der Waals surface area contributed by atoms with Crippen LogP contribution in [0.4, 0.5) is 8.78 Å². The molecule has 2 rings (SSSR count). The first-order chi connectivity index (χ1) is 12.7. The minimum absolute atomic E-state index is 0.112. The average molecular weight is 377 g/mol. The lowest BCUT2D eigenvalue weighted by Gasteiger charge is -2.24. The Balaban J connectivity index is 2.38. The van der Waals surface area contributed by atoms with Crippen LogP contribution >= 0.6 is 0 Å². The van der Waals surface area contributed by atoms with E-state index >= 15 is 0 Å². The van der Waals surface area contributed by atoms with Crippen molar-refractivity contribution in [3.8, 4) is 5.75 Å². The molecule has 0 bridgehead atoms. The second kappa shape index (κ2) is 8.48. The Morgan fingerprint density at radius 3 is 2.33 bits per heavy atom. The van der Waals surface area contributed by atoms with E-state index in [1.165, 1.54) is 6.07 Å². The average Bonchev–Trinajstić information content (AvgIpc) is 2.59. The lowest BCUT2D eigenvalue weighted by atomic mass is 9.86. The first-order valence-corrected chi connectivity index (χ1v) is 8.82. The Bertz CT molecular complexity index is 795. The molecule has 2 aromatic rings. The van der Waals surface area contributed by atoms with Crippen molar-refractivity contribution >= 4 is 5.91 Å². The quantitative estimate of drug-likeness (QED) is 0.796. The van der Waals surface area contributed by atoms with E-state index in [0.29, 0.717) is 17.9 Å². The van der Waals surface area contributed by atoms with Crippen molar-refractivity contribution in [3.05, 3.63) is 64.7 Å². The molecule has 0 saturated heterocycles. The molecule has 0 fully saturated rings. The number of hydrogen-bond acceptors (Lipinski definition) is 3. The van der Waals surface area contributed by atoms with Crippen LogP contribution in [0, 0.1) is 11.6 Å². The van der Waals surface area contributed by atoms with Crippen molar-refractivity contribution in [2.24, 2.45) is 0 Å². The number of rotatable bonds is 6. The number of amides is 1. The van der Waals surface area contributed by atoms with Crippen molar-refractivity contribution in [2.45, 2.75) is 39.2 Å². The molecule has 1 unspecified atom stereocenters. The summed E-state index contributed by atoms with van der Waals surface area (Å²) in [7, 11) is 0. The van der Waals surface area contributed by atoms with Crippen LogP contribution in [0.1, 0.15) is 55.2 Å². The number of nitrogens with one attached hydrogen (secondary N) is 1. The molecule has 6 heteroatoms. The van der Waals surface area contributed by atoms with Crippen LogP contribution in [-0.2, 0) is 5.41 Å². The van der Waals surface area contributed by atoms with Crippen molar-refractivity contribution in [2.75, 3.05) is 13.2 Å². The molecule has 0 aliphatic carbocycles. The predicted molar refractivity (Wildman–Crippen MR) is 100.0 cm³/mol. The summed E-state index contributed by atoms with van der Waals surface area (Å²) in [6.45, 7) is 7.96. The largest absolute Gasteiger partial charge is 0.494 e. The highest BCUT2D eigenvalue weighted by molar-refractivity contribution is 5.95. The lowest BCUT2D eigenvalue weighted by molar-refractivity contribution is 0.0906. The number of benzene rings is 2. The highest BCUT2D eigenvalue weighted by atomic mass is 19.1. The fourth-order valence-corrected chi connectivity index (χ4v) is 2.74. The molecule has 0 radical (unpaired) electrons. The topological polar surface area (TPSA) is 58.6 Å². The van der Waals surface area contributed by atoms with Crippen LogP contribution in [0.5, 0.6) is 5.75 Å². The molecule has 27 heavy (non-hydrogen) atoms. The highest BCUT2D eigenvalue weighted by Gasteiger charge is 2.24. The summed E-state index contributed by atoms with van der Waals surface area (Å²) in [6, 6.07) is 7.83. The molecular formula is C21H25F2NO3. The number of hydrogen-bond donors (Lipinski definition) is 2. The van der Waals surface area contributed by atoms with Crippen molar-refractivity contribution in [1.29, 1.82) is 0 Å². The molecular weight excluding hydrogens is 352 g/mol. The van der Waals surface area contributed by atoms with Gasteiger partial charge in [-0.05, 0) is 36.1 Å². The maximum atomic E-state index is 13.9. The summed E-state index contributed by atoms with van der Waals surface area (Å²) in [5.41, 5.74) is 0.772. The summed E-state index contributed by atoms with van der Waals surface area (Å²) in [6.07, 6.45) is 0. The van der Waals surface area contributed by atoms with Gasteiger partial charge in [0.25, 0.3) is 5.91 Å². The van der Waals surface area contributed by atoms with Gasteiger partial charge in [0.15, 0.2) is 0 Å². The second-order valence-corrected chi connectivity index (χ2v) is 7.24. The van der Waals surface area contributed by atoms with E-state index in [0.717, 1.165) is 17.7 Å². The van der Waals surface area contributed by atoms with E-state index in [-0.39, 0.29) is 5.41 Å². The summed E-state index contributed by atoms with van der Waals surface area (Å²) in [4.78, 5) is 12.4. The van der Waals surface area contributed by atoms with Crippen LogP contribution in [0.15, 0.2) is 36.4 Å².